The molecule has 0 spiro atoms. The molecule has 0 aromatic carbocycles. The fraction of sp³-hybridized carbons (Fsp3) is 0.800. The van der Waals surface area contributed by atoms with E-state index in [0.717, 1.165) is 0 Å². The maximum Gasteiger partial charge on any atom is 0.470 e. The Morgan fingerprint density at radius 3 is 1.29 bits per heavy atom. The fourth-order valence-corrected chi connectivity index (χ4v) is 0.474. The van der Waals surface area contributed by atoms with Gasteiger partial charge in [0, 0.05) is 6.92 Å². The molecule has 0 amide bonds. The van der Waals surface area contributed by atoms with Crippen LogP contribution in [0.1, 0.15) is 6.92 Å². The lowest BCUT2D eigenvalue weighted by Gasteiger charge is -2.28. The van der Waals surface area contributed by atoms with E-state index in [1.54, 1.807) is 0 Å². The van der Waals surface area contributed by atoms with Crippen LogP contribution in [0.5, 0.6) is 0 Å². The molecule has 0 aromatic heterocycles. The van der Waals surface area contributed by atoms with Gasteiger partial charge in [0.1, 0.15) is 0 Å². The van der Waals surface area contributed by atoms with E-state index in [0.29, 0.717) is 0 Å². The molecule has 14 heavy (non-hydrogen) atoms. The second-order valence-corrected chi connectivity index (χ2v) is 2.18. The van der Waals surface area contributed by atoms with E-state index >= 15 is 0 Å². The molecule has 0 atom stereocenters. The van der Waals surface area contributed by atoms with E-state index in [4.69, 9.17) is 0 Å². The van der Waals surface area contributed by atoms with Crippen molar-refractivity contribution in [3.8, 4) is 0 Å². The van der Waals surface area contributed by atoms with Gasteiger partial charge in [-0.1, -0.05) is 0 Å². The Hall–Kier alpha value is -1.02. The first-order valence-electron chi connectivity index (χ1n) is 2.94. The summed E-state index contributed by atoms with van der Waals surface area (Å²) in [6.45, 7) is 0.228. The Balaban J connectivity index is 5.18. The molecule has 0 rings (SSSR count). The van der Waals surface area contributed by atoms with Crippen LogP contribution >= 0.6 is 0 Å². The molecule has 0 aromatic rings. The fourth-order valence-electron chi connectivity index (χ4n) is 0.474. The van der Waals surface area contributed by atoms with Crippen LogP contribution in [0.3, 0.4) is 0 Å². The lowest BCUT2D eigenvalue weighted by molar-refractivity contribution is -0.417. The third kappa shape index (κ3) is 2.26. The topological polar surface area (TPSA) is 26.3 Å². The van der Waals surface area contributed by atoms with Crippen LogP contribution in [0.2, 0.25) is 0 Å². The first-order chi connectivity index (χ1) is 5.92. The number of alkyl halides is 7. The molecule has 0 radical (unpaired) electrons. The van der Waals surface area contributed by atoms with E-state index in [1.165, 1.54) is 0 Å². The highest BCUT2D eigenvalue weighted by Crippen LogP contribution is 2.46. The highest BCUT2D eigenvalue weighted by molar-refractivity contribution is 5.66. The number of hydrogen-bond acceptors (Lipinski definition) is 2. The number of ether oxygens (including phenoxy) is 1. The van der Waals surface area contributed by atoms with Gasteiger partial charge >= 0.3 is 24.2 Å². The Kier molecular flexibility index (Phi) is 3.04. The van der Waals surface area contributed by atoms with E-state index in [1.807, 2.05) is 0 Å². The predicted molar refractivity (Wildman–Crippen MR) is 27.7 cm³/mol. The van der Waals surface area contributed by atoms with Crippen LogP contribution in [0.15, 0.2) is 0 Å². The lowest BCUT2D eigenvalue weighted by atomic mass is 10.3. The van der Waals surface area contributed by atoms with Gasteiger partial charge in [0.25, 0.3) is 0 Å². The normalized spacial score (nSPS) is 14.0. The standard InChI is InChI=1S/C5H3F7O2/c1-2(13)14-3(6,4(7,8)9)5(10,11)12/h1H3. The molecule has 0 saturated heterocycles. The van der Waals surface area contributed by atoms with Crippen molar-refractivity contribution in [2.24, 2.45) is 0 Å². The molecular weight excluding hydrogens is 225 g/mol. The van der Waals surface area contributed by atoms with Crippen LogP contribution < -0.4 is 0 Å². The Labute approximate surface area is 72.6 Å². The highest BCUT2D eigenvalue weighted by atomic mass is 19.4. The van der Waals surface area contributed by atoms with Gasteiger partial charge in [-0.05, 0) is 0 Å². The molecule has 2 nitrogen and oxygen atoms in total. The van der Waals surface area contributed by atoms with E-state index < -0.39 is 24.2 Å². The Morgan fingerprint density at radius 2 is 1.21 bits per heavy atom. The van der Waals surface area contributed by atoms with Gasteiger partial charge in [0.15, 0.2) is 0 Å². The van der Waals surface area contributed by atoms with Gasteiger partial charge in [0.2, 0.25) is 0 Å². The number of rotatable bonds is 1. The molecule has 0 N–H and O–H groups in total. The van der Waals surface area contributed by atoms with Crippen molar-refractivity contribution in [2.45, 2.75) is 25.1 Å². The van der Waals surface area contributed by atoms with Crippen molar-refractivity contribution in [3.05, 3.63) is 0 Å². The zero-order valence-electron chi connectivity index (χ0n) is 6.46. The Bertz CT molecular complexity index is 213. The lowest BCUT2D eigenvalue weighted by Crippen LogP contribution is -2.55. The molecule has 0 aliphatic carbocycles. The largest absolute Gasteiger partial charge is 0.470 e. The average Bonchev–Trinajstić information content (AvgIpc) is 1.79. The van der Waals surface area contributed by atoms with Gasteiger partial charge in [-0.25, -0.2) is 0 Å². The summed E-state index contributed by atoms with van der Waals surface area (Å²) in [6.07, 6.45) is -12.7. The van der Waals surface area contributed by atoms with Crippen LogP contribution in [0, 0.1) is 0 Å². The van der Waals surface area contributed by atoms with Gasteiger partial charge in [0.05, 0.1) is 0 Å². The zero-order chi connectivity index (χ0) is 11.8. The third-order valence-corrected chi connectivity index (χ3v) is 1.01. The summed E-state index contributed by atoms with van der Waals surface area (Å²) in [5.74, 6) is -7.98. The summed E-state index contributed by atoms with van der Waals surface area (Å²) in [5, 5.41) is 0. The molecule has 0 bridgehead atoms. The summed E-state index contributed by atoms with van der Waals surface area (Å²) >= 11 is 0. The van der Waals surface area contributed by atoms with Gasteiger partial charge < -0.3 is 4.74 Å². The molecule has 0 aliphatic rings. The summed E-state index contributed by atoms with van der Waals surface area (Å²) in [4.78, 5) is 9.89. The van der Waals surface area contributed by atoms with E-state index in [2.05, 4.69) is 4.74 Å². The first kappa shape index (κ1) is 13.0. The minimum Gasteiger partial charge on any atom is -0.413 e. The number of halogens is 7. The van der Waals surface area contributed by atoms with Gasteiger partial charge in [-0.3, -0.25) is 4.79 Å². The maximum absolute atomic E-state index is 12.4. The monoisotopic (exact) mass is 228 g/mol. The minimum atomic E-state index is -6.36. The summed E-state index contributed by atoms with van der Waals surface area (Å²) in [5.41, 5.74) is 0. The number of esters is 1. The Morgan fingerprint density at radius 1 is 0.929 bits per heavy atom. The predicted octanol–water partition coefficient (Wildman–Crippen LogP) is 2.34. The number of hydrogen-bond donors (Lipinski definition) is 0. The summed E-state index contributed by atoms with van der Waals surface area (Å²) < 4.78 is 84.5. The molecule has 0 aliphatic heterocycles. The van der Waals surface area contributed by atoms with Crippen molar-refractivity contribution in [1.82, 2.24) is 0 Å². The van der Waals surface area contributed by atoms with Crippen LogP contribution in [0.25, 0.3) is 0 Å². The third-order valence-electron chi connectivity index (χ3n) is 1.01. The first-order valence-corrected chi connectivity index (χ1v) is 2.94. The summed E-state index contributed by atoms with van der Waals surface area (Å²) in [7, 11) is 0. The van der Waals surface area contributed by atoms with Crippen molar-refractivity contribution in [3.63, 3.8) is 0 Å². The molecule has 84 valence electrons. The number of carbonyl (C=O) groups is 1. The van der Waals surface area contributed by atoms with Crippen LogP contribution in [-0.4, -0.2) is 24.2 Å². The highest BCUT2D eigenvalue weighted by Gasteiger charge is 2.76. The number of carbonyl (C=O) groups excluding carboxylic acids is 1. The average molecular weight is 228 g/mol. The molecule has 0 heterocycles. The van der Waals surface area contributed by atoms with Crippen molar-refractivity contribution >= 4 is 5.97 Å². The molecule has 0 saturated carbocycles. The van der Waals surface area contributed by atoms with E-state index in [9.17, 15) is 35.5 Å². The van der Waals surface area contributed by atoms with Crippen LogP contribution in [-0.2, 0) is 9.53 Å². The molecular formula is C5H3F7O2. The molecule has 9 heteroatoms. The molecule has 0 fully saturated rings. The van der Waals surface area contributed by atoms with Crippen molar-refractivity contribution in [2.75, 3.05) is 0 Å². The van der Waals surface area contributed by atoms with Gasteiger partial charge in [-0.2, -0.15) is 30.7 Å². The van der Waals surface area contributed by atoms with E-state index in [-0.39, 0.29) is 6.92 Å². The quantitative estimate of drug-likeness (QED) is 0.508. The summed E-state index contributed by atoms with van der Waals surface area (Å²) in [6, 6.07) is 0. The van der Waals surface area contributed by atoms with Crippen LogP contribution in [0.4, 0.5) is 30.7 Å². The smallest absolute Gasteiger partial charge is 0.413 e. The SMILES string of the molecule is CC(=O)OC(F)(C(F)(F)F)C(F)(F)F. The van der Waals surface area contributed by atoms with Crippen molar-refractivity contribution in [1.29, 1.82) is 0 Å². The molecule has 0 unspecified atom stereocenters. The van der Waals surface area contributed by atoms with Crippen molar-refractivity contribution < 1.29 is 40.3 Å². The zero-order valence-corrected chi connectivity index (χ0v) is 6.46. The minimum absolute atomic E-state index is 0.228. The maximum atomic E-state index is 12.4. The van der Waals surface area contributed by atoms with Gasteiger partial charge in [-0.15, -0.1) is 0 Å². The second-order valence-electron chi connectivity index (χ2n) is 2.18. The second kappa shape index (κ2) is 3.28.